The lowest BCUT2D eigenvalue weighted by atomic mass is 9.95. The van der Waals surface area contributed by atoms with Crippen LogP contribution in [0.3, 0.4) is 0 Å². The Hall–Kier alpha value is -2.93. The Morgan fingerprint density at radius 2 is 2.04 bits per heavy atom. The van der Waals surface area contributed by atoms with Crippen LogP contribution in [-0.4, -0.2) is 29.1 Å². The van der Waals surface area contributed by atoms with Crippen LogP contribution < -0.4 is 5.32 Å². The number of hydrogen-bond acceptors (Lipinski definition) is 5. The number of carbonyl (C=O) groups is 1. The van der Waals surface area contributed by atoms with Gasteiger partial charge in [-0.05, 0) is 24.1 Å². The van der Waals surface area contributed by atoms with Gasteiger partial charge >= 0.3 is 5.69 Å². The zero-order valence-electron chi connectivity index (χ0n) is 13.4. The molecule has 130 valence electrons. The van der Waals surface area contributed by atoms with E-state index in [4.69, 9.17) is 4.74 Å². The van der Waals surface area contributed by atoms with Crippen molar-refractivity contribution in [1.29, 1.82) is 0 Å². The highest BCUT2D eigenvalue weighted by Crippen LogP contribution is 2.34. The second-order valence-corrected chi connectivity index (χ2v) is 5.92. The third-order valence-corrected chi connectivity index (χ3v) is 4.30. The molecule has 7 nitrogen and oxygen atoms in total. The number of hydrogen-bond donors (Lipinski definition) is 2. The first-order chi connectivity index (χ1) is 12.1. The summed E-state index contributed by atoms with van der Waals surface area (Å²) in [5.41, 5.74) is 0.829. The molecule has 2 N–H and O–H groups in total. The second kappa shape index (κ2) is 7.31. The molecule has 25 heavy (non-hydrogen) atoms. The molecule has 0 unspecified atom stereocenters. The Labute approximate surface area is 144 Å². The maximum atomic E-state index is 12.2. The predicted molar refractivity (Wildman–Crippen MR) is 90.3 cm³/mol. The highest BCUT2D eigenvalue weighted by molar-refractivity contribution is 5.95. The van der Waals surface area contributed by atoms with Crippen LogP contribution in [0.15, 0.2) is 48.5 Å². The first-order valence-electron chi connectivity index (χ1n) is 7.98. The molecule has 0 bridgehead atoms. The van der Waals surface area contributed by atoms with E-state index in [2.05, 4.69) is 5.32 Å². The van der Waals surface area contributed by atoms with Gasteiger partial charge in [-0.1, -0.05) is 30.3 Å². The molecule has 0 aliphatic carbocycles. The summed E-state index contributed by atoms with van der Waals surface area (Å²) in [6, 6.07) is 13.4. The number of benzene rings is 2. The zero-order chi connectivity index (χ0) is 17.8. The van der Waals surface area contributed by atoms with Gasteiger partial charge in [-0.25, -0.2) is 0 Å². The van der Waals surface area contributed by atoms with E-state index in [1.807, 2.05) is 30.3 Å². The number of ether oxygens (including phenoxy) is 1. The van der Waals surface area contributed by atoms with Crippen molar-refractivity contribution in [2.45, 2.75) is 12.5 Å². The minimum Gasteiger partial charge on any atom is -0.502 e. The molecule has 0 spiro atoms. The number of phenolic OH excluding ortho intramolecular Hbond substituents is 1. The fourth-order valence-corrected chi connectivity index (χ4v) is 3.00. The summed E-state index contributed by atoms with van der Waals surface area (Å²) in [7, 11) is 0. The van der Waals surface area contributed by atoms with Crippen molar-refractivity contribution in [2.24, 2.45) is 5.92 Å². The number of nitro groups is 1. The van der Waals surface area contributed by atoms with Crippen molar-refractivity contribution < 1.29 is 19.6 Å². The van der Waals surface area contributed by atoms with Gasteiger partial charge < -0.3 is 15.2 Å². The number of carbonyl (C=O) groups excluding carboxylic acids is 1. The number of rotatable bonds is 5. The van der Waals surface area contributed by atoms with Crippen LogP contribution in [-0.2, 0) is 4.74 Å². The summed E-state index contributed by atoms with van der Waals surface area (Å²) in [6.07, 6.45) is 0.775. The van der Waals surface area contributed by atoms with Crippen molar-refractivity contribution in [3.8, 4) is 5.75 Å². The first-order valence-corrected chi connectivity index (χ1v) is 7.98. The Morgan fingerprint density at radius 3 is 2.72 bits per heavy atom. The third-order valence-electron chi connectivity index (χ3n) is 4.30. The zero-order valence-corrected chi connectivity index (χ0v) is 13.4. The minimum absolute atomic E-state index is 0.0632. The molecule has 0 saturated carbocycles. The molecular weight excluding hydrogens is 324 g/mol. The van der Waals surface area contributed by atoms with E-state index in [0.717, 1.165) is 24.1 Å². The molecule has 1 fully saturated rings. The van der Waals surface area contributed by atoms with Gasteiger partial charge in [0.25, 0.3) is 5.91 Å². The van der Waals surface area contributed by atoms with Crippen LogP contribution in [0, 0.1) is 16.0 Å². The molecule has 7 heteroatoms. The largest absolute Gasteiger partial charge is 0.502 e. The summed E-state index contributed by atoms with van der Waals surface area (Å²) in [5, 5.41) is 23.2. The van der Waals surface area contributed by atoms with Crippen LogP contribution in [0.4, 0.5) is 5.69 Å². The van der Waals surface area contributed by atoms with Gasteiger partial charge in [0.1, 0.15) is 0 Å². The number of aromatic hydroxyl groups is 1. The Morgan fingerprint density at radius 1 is 1.28 bits per heavy atom. The summed E-state index contributed by atoms with van der Waals surface area (Å²) in [5.74, 6) is -0.758. The van der Waals surface area contributed by atoms with E-state index < -0.39 is 16.4 Å². The smallest absolute Gasteiger partial charge is 0.310 e. The van der Waals surface area contributed by atoms with Crippen LogP contribution >= 0.6 is 0 Å². The lowest BCUT2D eigenvalue weighted by Gasteiger charge is -2.19. The number of amides is 1. The molecule has 1 aliphatic heterocycles. The van der Waals surface area contributed by atoms with Gasteiger partial charge in [-0.3, -0.25) is 14.9 Å². The van der Waals surface area contributed by atoms with Crippen molar-refractivity contribution in [2.75, 3.05) is 13.2 Å². The fraction of sp³-hybridized carbons (Fsp3) is 0.278. The molecule has 1 amide bonds. The molecule has 1 aliphatic rings. The molecule has 1 saturated heterocycles. The van der Waals surface area contributed by atoms with Crippen molar-refractivity contribution >= 4 is 11.6 Å². The van der Waals surface area contributed by atoms with E-state index in [0.29, 0.717) is 13.2 Å². The molecule has 0 aromatic heterocycles. The van der Waals surface area contributed by atoms with Gasteiger partial charge in [0, 0.05) is 30.7 Å². The van der Waals surface area contributed by atoms with Gasteiger partial charge in [-0.15, -0.1) is 0 Å². The maximum absolute atomic E-state index is 12.2. The lowest BCUT2D eigenvalue weighted by molar-refractivity contribution is -0.385. The highest BCUT2D eigenvalue weighted by atomic mass is 16.6. The van der Waals surface area contributed by atoms with Crippen molar-refractivity contribution in [3.63, 3.8) is 0 Å². The van der Waals surface area contributed by atoms with E-state index in [-0.39, 0.29) is 23.5 Å². The molecule has 0 radical (unpaired) electrons. The third kappa shape index (κ3) is 3.77. The quantitative estimate of drug-likeness (QED) is 0.642. The van der Waals surface area contributed by atoms with Crippen LogP contribution in [0.5, 0.6) is 5.75 Å². The van der Waals surface area contributed by atoms with Crippen molar-refractivity contribution in [3.05, 3.63) is 69.8 Å². The molecule has 2 aromatic carbocycles. The second-order valence-electron chi connectivity index (χ2n) is 5.92. The summed E-state index contributed by atoms with van der Waals surface area (Å²) >= 11 is 0. The average Bonchev–Trinajstić information content (AvgIpc) is 3.08. The van der Waals surface area contributed by atoms with Crippen LogP contribution in [0.2, 0.25) is 0 Å². The van der Waals surface area contributed by atoms with Gasteiger partial charge in [0.15, 0.2) is 5.75 Å². The normalized spacial score (nSPS) is 19.5. The molecule has 2 atom stereocenters. The molecule has 1 heterocycles. The topological polar surface area (TPSA) is 102 Å². The Bertz CT molecular complexity index is 778. The minimum atomic E-state index is -0.697. The van der Waals surface area contributed by atoms with E-state index >= 15 is 0 Å². The molecular formula is C18H18N2O5. The number of nitro benzene ring substituents is 1. The number of phenols is 1. The van der Waals surface area contributed by atoms with Crippen LogP contribution in [0.1, 0.15) is 28.4 Å². The lowest BCUT2D eigenvalue weighted by Crippen LogP contribution is -2.30. The highest BCUT2D eigenvalue weighted by Gasteiger charge is 2.30. The summed E-state index contributed by atoms with van der Waals surface area (Å²) < 4.78 is 5.78. The number of nitrogens with one attached hydrogen (secondary N) is 1. The SMILES string of the molecule is O=C(NC[C@H]1CCO[C@H]1c1ccccc1)c1ccc([N+](=O)[O-])c(O)c1. The average molecular weight is 342 g/mol. The standard InChI is InChI=1S/C18H18N2O5/c21-16-10-13(6-7-15(16)20(23)24)18(22)19-11-14-8-9-25-17(14)12-4-2-1-3-5-12/h1-7,10,14,17,21H,8-9,11H2,(H,19,22)/t14-,17+/m1/s1. The van der Waals surface area contributed by atoms with E-state index in [1.165, 1.54) is 6.07 Å². The fourth-order valence-electron chi connectivity index (χ4n) is 3.00. The molecule has 2 aromatic rings. The predicted octanol–water partition coefficient (Wildman–Crippen LogP) is 2.81. The maximum Gasteiger partial charge on any atom is 0.310 e. The van der Waals surface area contributed by atoms with E-state index in [1.54, 1.807) is 0 Å². The van der Waals surface area contributed by atoms with Gasteiger partial charge in [0.2, 0.25) is 0 Å². The Kier molecular flexibility index (Phi) is 4.95. The number of nitrogens with zero attached hydrogens (tertiary/aromatic N) is 1. The first kappa shape index (κ1) is 16.9. The van der Waals surface area contributed by atoms with Crippen LogP contribution in [0.25, 0.3) is 0 Å². The monoisotopic (exact) mass is 342 g/mol. The Balaban J connectivity index is 1.64. The van der Waals surface area contributed by atoms with Crippen molar-refractivity contribution in [1.82, 2.24) is 5.32 Å². The van der Waals surface area contributed by atoms with Gasteiger partial charge in [-0.2, -0.15) is 0 Å². The van der Waals surface area contributed by atoms with E-state index in [9.17, 15) is 20.0 Å². The molecule has 3 rings (SSSR count). The summed E-state index contributed by atoms with van der Waals surface area (Å²) in [6.45, 7) is 1.06. The van der Waals surface area contributed by atoms with Gasteiger partial charge in [0.05, 0.1) is 11.0 Å². The summed E-state index contributed by atoms with van der Waals surface area (Å²) in [4.78, 5) is 22.3.